The molecule has 3 nitrogen and oxygen atoms in total. The Hall–Kier alpha value is -1.48. The SMILES string of the molecule is CC(C)c1nn(C)c(N)c1-c1cccc(Cl)c1. The zero-order valence-electron chi connectivity index (χ0n) is 10.2. The Balaban J connectivity index is 2.65. The topological polar surface area (TPSA) is 43.8 Å². The lowest BCUT2D eigenvalue weighted by Crippen LogP contribution is -1.98. The number of aryl methyl sites for hydroxylation is 1. The zero-order chi connectivity index (χ0) is 12.6. The highest BCUT2D eigenvalue weighted by Gasteiger charge is 2.18. The number of nitrogens with zero attached hydrogens (tertiary/aromatic N) is 2. The molecular formula is C13H16ClN3. The molecule has 1 aromatic carbocycles. The van der Waals surface area contributed by atoms with E-state index in [2.05, 4.69) is 18.9 Å². The molecule has 0 aliphatic carbocycles. The first-order valence-corrected chi connectivity index (χ1v) is 5.96. The van der Waals surface area contributed by atoms with E-state index in [0.29, 0.717) is 16.8 Å². The van der Waals surface area contributed by atoms with Gasteiger partial charge in [0, 0.05) is 17.6 Å². The van der Waals surface area contributed by atoms with Crippen LogP contribution in [-0.4, -0.2) is 9.78 Å². The predicted molar refractivity (Wildman–Crippen MR) is 72.2 cm³/mol. The summed E-state index contributed by atoms with van der Waals surface area (Å²) in [5.41, 5.74) is 9.10. The van der Waals surface area contributed by atoms with Crippen molar-refractivity contribution >= 4 is 17.4 Å². The van der Waals surface area contributed by atoms with Gasteiger partial charge in [0.25, 0.3) is 0 Å². The highest BCUT2D eigenvalue weighted by Crippen LogP contribution is 2.34. The molecule has 0 bridgehead atoms. The third-order valence-electron chi connectivity index (χ3n) is 2.78. The Morgan fingerprint density at radius 1 is 1.35 bits per heavy atom. The number of hydrogen-bond acceptors (Lipinski definition) is 2. The Morgan fingerprint density at radius 3 is 2.65 bits per heavy atom. The van der Waals surface area contributed by atoms with Gasteiger partial charge in [0.1, 0.15) is 5.82 Å². The monoisotopic (exact) mass is 249 g/mol. The lowest BCUT2D eigenvalue weighted by molar-refractivity contribution is 0.719. The number of hydrogen-bond donors (Lipinski definition) is 1. The summed E-state index contributed by atoms with van der Waals surface area (Å²) >= 11 is 6.02. The number of rotatable bonds is 2. The minimum absolute atomic E-state index is 0.326. The van der Waals surface area contributed by atoms with Crippen LogP contribution in [0.25, 0.3) is 11.1 Å². The molecule has 0 radical (unpaired) electrons. The molecule has 0 aliphatic rings. The Bertz CT molecular complexity index is 544. The van der Waals surface area contributed by atoms with Gasteiger partial charge in [0.2, 0.25) is 0 Å². The number of anilines is 1. The van der Waals surface area contributed by atoms with Crippen LogP contribution in [0.1, 0.15) is 25.5 Å². The van der Waals surface area contributed by atoms with Crippen LogP contribution in [-0.2, 0) is 7.05 Å². The van der Waals surface area contributed by atoms with Crippen LogP contribution < -0.4 is 5.73 Å². The third kappa shape index (κ3) is 2.15. The lowest BCUT2D eigenvalue weighted by Gasteiger charge is -2.06. The molecule has 1 heterocycles. The standard InChI is InChI=1S/C13H16ClN3/c1-8(2)12-11(13(15)17(3)16-12)9-5-4-6-10(14)7-9/h4-8H,15H2,1-3H3. The summed E-state index contributed by atoms with van der Waals surface area (Å²) in [6.07, 6.45) is 0. The molecule has 17 heavy (non-hydrogen) atoms. The second-order valence-electron chi connectivity index (χ2n) is 4.43. The summed E-state index contributed by atoms with van der Waals surface area (Å²) in [6, 6.07) is 7.70. The van der Waals surface area contributed by atoms with Gasteiger partial charge in [-0.05, 0) is 23.6 Å². The summed E-state index contributed by atoms with van der Waals surface area (Å²) in [5.74, 6) is 1.00. The largest absolute Gasteiger partial charge is 0.383 e. The smallest absolute Gasteiger partial charge is 0.129 e. The van der Waals surface area contributed by atoms with Crippen LogP contribution in [0.3, 0.4) is 0 Å². The Kier molecular flexibility index (Phi) is 3.11. The first-order valence-electron chi connectivity index (χ1n) is 5.59. The number of nitrogens with two attached hydrogens (primary N) is 1. The summed E-state index contributed by atoms with van der Waals surface area (Å²) < 4.78 is 1.71. The van der Waals surface area contributed by atoms with Crippen molar-refractivity contribution in [3.05, 3.63) is 35.0 Å². The Labute approximate surface area is 106 Å². The average molecular weight is 250 g/mol. The maximum atomic E-state index is 6.08. The minimum Gasteiger partial charge on any atom is -0.383 e. The molecule has 2 aromatic rings. The predicted octanol–water partition coefficient (Wildman–Crippen LogP) is 3.45. The quantitative estimate of drug-likeness (QED) is 0.886. The van der Waals surface area contributed by atoms with E-state index in [9.17, 15) is 0 Å². The van der Waals surface area contributed by atoms with Gasteiger partial charge in [0.05, 0.1) is 5.69 Å². The van der Waals surface area contributed by atoms with Crippen molar-refractivity contribution in [3.8, 4) is 11.1 Å². The van der Waals surface area contributed by atoms with E-state index in [1.54, 1.807) is 4.68 Å². The summed E-state index contributed by atoms with van der Waals surface area (Å²) in [4.78, 5) is 0. The number of aromatic nitrogens is 2. The molecule has 4 heteroatoms. The lowest BCUT2D eigenvalue weighted by atomic mass is 9.99. The molecule has 0 fully saturated rings. The van der Waals surface area contributed by atoms with Crippen LogP contribution in [0.2, 0.25) is 5.02 Å². The minimum atomic E-state index is 0.326. The summed E-state index contributed by atoms with van der Waals surface area (Å²) in [5, 5.41) is 5.17. The third-order valence-corrected chi connectivity index (χ3v) is 3.01. The van der Waals surface area contributed by atoms with Crippen molar-refractivity contribution in [1.29, 1.82) is 0 Å². The van der Waals surface area contributed by atoms with Gasteiger partial charge >= 0.3 is 0 Å². The van der Waals surface area contributed by atoms with Crippen LogP contribution >= 0.6 is 11.6 Å². The highest BCUT2D eigenvalue weighted by molar-refractivity contribution is 6.30. The fourth-order valence-corrected chi connectivity index (χ4v) is 2.09. The molecule has 0 saturated carbocycles. The van der Waals surface area contributed by atoms with E-state index in [1.807, 2.05) is 31.3 Å². The van der Waals surface area contributed by atoms with E-state index in [4.69, 9.17) is 17.3 Å². The van der Waals surface area contributed by atoms with Crippen molar-refractivity contribution in [2.75, 3.05) is 5.73 Å². The zero-order valence-corrected chi connectivity index (χ0v) is 11.0. The van der Waals surface area contributed by atoms with Gasteiger partial charge in [-0.3, -0.25) is 4.68 Å². The molecule has 0 unspecified atom stereocenters. The molecule has 0 aliphatic heterocycles. The van der Waals surface area contributed by atoms with Crippen LogP contribution in [0.15, 0.2) is 24.3 Å². The van der Waals surface area contributed by atoms with E-state index in [1.165, 1.54) is 0 Å². The first kappa shape index (κ1) is 12.0. The molecule has 2 N–H and O–H groups in total. The van der Waals surface area contributed by atoms with E-state index in [0.717, 1.165) is 16.8 Å². The van der Waals surface area contributed by atoms with Gasteiger partial charge in [-0.25, -0.2) is 0 Å². The summed E-state index contributed by atoms with van der Waals surface area (Å²) in [6.45, 7) is 4.21. The van der Waals surface area contributed by atoms with Crippen molar-refractivity contribution < 1.29 is 0 Å². The highest BCUT2D eigenvalue weighted by atomic mass is 35.5. The van der Waals surface area contributed by atoms with Crippen LogP contribution in [0, 0.1) is 0 Å². The van der Waals surface area contributed by atoms with Gasteiger partial charge in [-0.2, -0.15) is 5.10 Å². The second kappa shape index (κ2) is 4.41. The van der Waals surface area contributed by atoms with Gasteiger partial charge < -0.3 is 5.73 Å². The average Bonchev–Trinajstić information content (AvgIpc) is 2.56. The van der Waals surface area contributed by atoms with Gasteiger partial charge in [0.15, 0.2) is 0 Å². The fraction of sp³-hybridized carbons (Fsp3) is 0.308. The van der Waals surface area contributed by atoms with Crippen molar-refractivity contribution in [2.24, 2.45) is 7.05 Å². The Morgan fingerprint density at radius 2 is 2.06 bits per heavy atom. The maximum absolute atomic E-state index is 6.08. The number of benzene rings is 1. The van der Waals surface area contributed by atoms with Crippen molar-refractivity contribution in [1.82, 2.24) is 9.78 Å². The number of halogens is 1. The molecular weight excluding hydrogens is 234 g/mol. The van der Waals surface area contributed by atoms with Gasteiger partial charge in [-0.15, -0.1) is 0 Å². The van der Waals surface area contributed by atoms with E-state index >= 15 is 0 Å². The van der Waals surface area contributed by atoms with E-state index in [-0.39, 0.29) is 0 Å². The van der Waals surface area contributed by atoms with Crippen LogP contribution in [0.4, 0.5) is 5.82 Å². The first-order chi connectivity index (χ1) is 8.00. The molecule has 0 spiro atoms. The van der Waals surface area contributed by atoms with Crippen LogP contribution in [0.5, 0.6) is 0 Å². The van der Waals surface area contributed by atoms with E-state index < -0.39 is 0 Å². The molecule has 0 atom stereocenters. The normalized spacial score (nSPS) is 11.1. The number of nitrogen functional groups attached to an aromatic ring is 1. The van der Waals surface area contributed by atoms with Gasteiger partial charge in [-0.1, -0.05) is 37.6 Å². The fourth-order valence-electron chi connectivity index (χ4n) is 1.90. The molecule has 90 valence electrons. The molecule has 2 rings (SSSR count). The molecule has 0 saturated heterocycles. The molecule has 0 amide bonds. The van der Waals surface area contributed by atoms with Crippen molar-refractivity contribution in [2.45, 2.75) is 19.8 Å². The molecule has 1 aromatic heterocycles. The van der Waals surface area contributed by atoms with Crippen molar-refractivity contribution in [3.63, 3.8) is 0 Å². The maximum Gasteiger partial charge on any atom is 0.129 e. The summed E-state index contributed by atoms with van der Waals surface area (Å²) in [7, 11) is 1.86. The second-order valence-corrected chi connectivity index (χ2v) is 4.87.